The Morgan fingerprint density at radius 2 is 0.680 bits per heavy atom. The molecule has 19 unspecified atom stereocenters. The zero-order valence-electron chi connectivity index (χ0n) is 36.4. The highest BCUT2D eigenvalue weighted by molar-refractivity contribution is 9.09. The predicted molar refractivity (Wildman–Crippen MR) is 212 cm³/mol. The van der Waals surface area contributed by atoms with Crippen molar-refractivity contribution in [1.82, 2.24) is 0 Å². The third-order valence-corrected chi connectivity index (χ3v) is 16.1. The van der Waals surface area contributed by atoms with Crippen LogP contribution in [0.25, 0.3) is 0 Å². The van der Waals surface area contributed by atoms with Gasteiger partial charge in [-0.15, -0.1) is 0 Å². The summed E-state index contributed by atoms with van der Waals surface area (Å²) in [7, 11) is 0. The summed E-state index contributed by atoms with van der Waals surface area (Å²) in [6.45, 7) is 46.6. The fraction of sp³-hybridized carbons (Fsp3) is 1.00. The molecule has 5 heterocycles. The first-order chi connectivity index (χ1) is 22.8. The van der Waals surface area contributed by atoms with E-state index in [0.717, 1.165) is 17.8 Å². The lowest BCUT2D eigenvalue weighted by molar-refractivity contribution is -0.256. The van der Waals surface area contributed by atoms with Gasteiger partial charge in [0.2, 0.25) is 0 Å². The molecule has 0 spiro atoms. The topological polar surface area (TPSA) is 55.4 Å². The van der Waals surface area contributed by atoms with Crippen LogP contribution < -0.4 is 0 Å². The van der Waals surface area contributed by atoms with Gasteiger partial charge in [0.25, 0.3) is 0 Å². The summed E-state index contributed by atoms with van der Waals surface area (Å²) in [4.78, 5) is 0. The standard InChI is InChI=1S/C14H26O3.2C10H20O.C9H17BrO/c1-8-9(2)11-12(15-10(8)3)17-14(7,16-11)13(4,5)6;2*1-6-7(2)9(4)11-10(5)8(6)3;1-5-6(2)8(4)11-9(10)7(5)3/h8-12H,1-7H3;2*6-10H,1-5H3;5-9H,1-4H3. The summed E-state index contributed by atoms with van der Waals surface area (Å²) in [5, 5.41) is 0.253. The molecule has 0 aromatic carbocycles. The molecule has 0 radical (unpaired) electrons. The molecular weight excluding hydrogens is 692 g/mol. The molecule has 0 N–H and O–H groups in total. The van der Waals surface area contributed by atoms with Gasteiger partial charge >= 0.3 is 0 Å². The van der Waals surface area contributed by atoms with Gasteiger partial charge in [-0.1, -0.05) is 113 Å². The van der Waals surface area contributed by atoms with E-state index in [4.69, 9.17) is 28.4 Å². The first kappa shape index (κ1) is 46.4. The molecule has 0 aliphatic carbocycles. The van der Waals surface area contributed by atoms with Crippen LogP contribution in [-0.2, 0) is 28.4 Å². The maximum absolute atomic E-state index is 6.20. The van der Waals surface area contributed by atoms with E-state index in [1.807, 2.05) is 6.92 Å². The zero-order chi connectivity index (χ0) is 38.8. The molecule has 5 fully saturated rings. The number of hydrogen-bond donors (Lipinski definition) is 0. The summed E-state index contributed by atoms with van der Waals surface area (Å²) < 4.78 is 35.5. The first-order valence-corrected chi connectivity index (χ1v) is 21.3. The summed E-state index contributed by atoms with van der Waals surface area (Å²) >= 11 is 3.54. The normalized spacial score (nSPS) is 52.2. The minimum Gasteiger partial charge on any atom is -0.375 e. The Morgan fingerprint density at radius 3 is 1.04 bits per heavy atom. The molecule has 5 aliphatic rings. The summed E-state index contributed by atoms with van der Waals surface area (Å²) in [5.74, 6) is 6.91. The van der Waals surface area contributed by atoms with Crippen molar-refractivity contribution in [3.63, 3.8) is 0 Å². The smallest absolute Gasteiger partial charge is 0.187 e. The molecule has 5 rings (SSSR count). The van der Waals surface area contributed by atoms with Crippen LogP contribution >= 0.6 is 15.9 Å². The van der Waals surface area contributed by atoms with Crippen LogP contribution in [0.4, 0.5) is 0 Å². The van der Waals surface area contributed by atoms with Crippen molar-refractivity contribution < 1.29 is 28.4 Å². The lowest BCUT2D eigenvalue weighted by Crippen LogP contribution is -2.46. The van der Waals surface area contributed by atoms with Crippen molar-refractivity contribution >= 4 is 15.9 Å². The first-order valence-electron chi connectivity index (χ1n) is 20.4. The SMILES string of the molecule is CC1OC(Br)C(C)C(C)C1C.CC1OC(C)C(C)C(C)C1C.CC1OC(C)C(C)C(C)C1C.CC1OC2OC(C)(C(C)(C)C)OC2C(C)C1C. The van der Waals surface area contributed by atoms with Gasteiger partial charge in [-0.05, 0) is 114 Å². The second-order valence-electron chi connectivity index (χ2n) is 18.8. The lowest BCUT2D eigenvalue weighted by Gasteiger charge is -2.41. The van der Waals surface area contributed by atoms with Crippen LogP contribution in [0.5, 0.6) is 0 Å². The van der Waals surface area contributed by atoms with Crippen molar-refractivity contribution in [2.75, 3.05) is 0 Å². The van der Waals surface area contributed by atoms with Crippen molar-refractivity contribution in [2.45, 2.75) is 205 Å². The summed E-state index contributed by atoms with van der Waals surface area (Å²) in [6, 6.07) is 0. The number of alkyl halides is 1. The maximum atomic E-state index is 6.20. The third kappa shape index (κ3) is 10.9. The lowest BCUT2D eigenvalue weighted by atomic mass is 9.77. The van der Waals surface area contributed by atoms with Crippen LogP contribution in [0.3, 0.4) is 0 Å². The minimum atomic E-state index is -0.555. The molecular formula is C43H83BrO6. The highest BCUT2D eigenvalue weighted by Gasteiger charge is 2.56. The maximum Gasteiger partial charge on any atom is 0.187 e. The Labute approximate surface area is 319 Å². The molecule has 0 aromatic heterocycles. The largest absolute Gasteiger partial charge is 0.375 e. The van der Waals surface area contributed by atoms with E-state index >= 15 is 0 Å². The Kier molecular flexibility index (Phi) is 17.4. The van der Waals surface area contributed by atoms with Gasteiger partial charge in [0.1, 0.15) is 11.1 Å². The van der Waals surface area contributed by atoms with Gasteiger partial charge in [0.15, 0.2) is 12.1 Å². The third-order valence-electron chi connectivity index (χ3n) is 15.1. The monoisotopic (exact) mass is 775 g/mol. The van der Waals surface area contributed by atoms with Gasteiger partial charge in [-0.3, -0.25) is 0 Å². The van der Waals surface area contributed by atoms with Crippen LogP contribution in [0, 0.1) is 70.5 Å². The van der Waals surface area contributed by atoms with Gasteiger partial charge in [0.05, 0.1) is 36.6 Å². The minimum absolute atomic E-state index is 0.0557. The number of fused-ring (bicyclic) bond motifs is 1. The van der Waals surface area contributed by atoms with Gasteiger partial charge < -0.3 is 28.4 Å². The average Bonchev–Trinajstić information content (AvgIpc) is 3.40. The molecule has 5 aliphatic heterocycles. The van der Waals surface area contributed by atoms with E-state index in [1.54, 1.807) is 0 Å². The molecule has 0 bridgehead atoms. The second-order valence-corrected chi connectivity index (χ2v) is 19.7. The van der Waals surface area contributed by atoms with Crippen LogP contribution in [0.15, 0.2) is 0 Å². The van der Waals surface area contributed by atoms with Crippen molar-refractivity contribution in [2.24, 2.45) is 70.5 Å². The Balaban J connectivity index is 0.000000237. The van der Waals surface area contributed by atoms with Crippen molar-refractivity contribution in [3.8, 4) is 0 Å². The van der Waals surface area contributed by atoms with Crippen molar-refractivity contribution in [3.05, 3.63) is 0 Å². The fourth-order valence-corrected chi connectivity index (χ4v) is 8.77. The van der Waals surface area contributed by atoms with E-state index in [9.17, 15) is 0 Å². The van der Waals surface area contributed by atoms with E-state index < -0.39 is 5.79 Å². The number of hydrogen-bond acceptors (Lipinski definition) is 6. The van der Waals surface area contributed by atoms with E-state index in [2.05, 4.69) is 154 Å². The van der Waals surface area contributed by atoms with E-state index in [1.165, 1.54) is 0 Å². The average molecular weight is 776 g/mol. The molecule has 50 heavy (non-hydrogen) atoms. The van der Waals surface area contributed by atoms with Crippen LogP contribution in [-0.4, -0.2) is 59.8 Å². The molecule has 0 aromatic rings. The quantitative estimate of drug-likeness (QED) is 0.228. The second kappa shape index (κ2) is 18.7. The van der Waals surface area contributed by atoms with E-state index in [-0.39, 0.29) is 28.9 Å². The summed E-state index contributed by atoms with van der Waals surface area (Å²) in [6.07, 6.45) is 2.24. The van der Waals surface area contributed by atoms with Gasteiger partial charge in [0, 0.05) is 5.41 Å². The van der Waals surface area contributed by atoms with Crippen LogP contribution in [0.1, 0.15) is 145 Å². The Morgan fingerprint density at radius 1 is 0.380 bits per heavy atom. The number of halogens is 1. The predicted octanol–water partition coefficient (Wildman–Crippen LogP) is 11.6. The molecule has 5 saturated heterocycles. The molecule has 6 nitrogen and oxygen atoms in total. The fourth-order valence-electron chi connectivity index (χ4n) is 7.95. The number of rotatable bonds is 0. The zero-order valence-corrected chi connectivity index (χ0v) is 38.0. The van der Waals surface area contributed by atoms with Crippen molar-refractivity contribution in [1.29, 1.82) is 0 Å². The van der Waals surface area contributed by atoms with Gasteiger partial charge in [-0.2, -0.15) is 0 Å². The molecule has 7 heteroatoms. The molecule has 298 valence electrons. The molecule has 0 saturated carbocycles. The highest BCUT2D eigenvalue weighted by atomic mass is 79.9. The van der Waals surface area contributed by atoms with E-state index in [0.29, 0.717) is 77.9 Å². The number of ether oxygens (including phenoxy) is 6. The highest BCUT2D eigenvalue weighted by Crippen LogP contribution is 2.48. The Bertz CT molecular complexity index is 886. The van der Waals surface area contributed by atoms with Gasteiger partial charge in [-0.25, -0.2) is 0 Å². The molecule has 19 atom stereocenters. The summed E-state index contributed by atoms with van der Waals surface area (Å²) in [5.41, 5.74) is -0.0557. The van der Waals surface area contributed by atoms with Crippen LogP contribution in [0.2, 0.25) is 0 Å². The molecule has 0 amide bonds. The Hall–Kier alpha value is 0.240.